The fourth-order valence-corrected chi connectivity index (χ4v) is 5.51. The van der Waals surface area contributed by atoms with Crippen LogP contribution in [-0.4, -0.2) is 36.5 Å². The summed E-state index contributed by atoms with van der Waals surface area (Å²) in [7, 11) is -3.82. The second kappa shape index (κ2) is 7.02. The summed E-state index contributed by atoms with van der Waals surface area (Å²) in [5.74, 6) is 0.701. The van der Waals surface area contributed by atoms with Crippen LogP contribution in [0.4, 0.5) is 5.82 Å². The van der Waals surface area contributed by atoms with Gasteiger partial charge in [0.15, 0.2) is 0 Å². The lowest BCUT2D eigenvalue weighted by atomic mass is 10.1. The molecule has 0 aliphatic carbocycles. The summed E-state index contributed by atoms with van der Waals surface area (Å²) in [6, 6.07) is 16.0. The number of hydrogen-bond acceptors (Lipinski definition) is 5. The molecule has 1 aliphatic heterocycles. The highest BCUT2D eigenvalue weighted by atomic mass is 35.5. The summed E-state index contributed by atoms with van der Waals surface area (Å²) >= 11 is 6.05. The number of halogens is 1. The molecule has 0 radical (unpaired) electrons. The Morgan fingerprint density at radius 1 is 1.10 bits per heavy atom. The predicted molar refractivity (Wildman–Crippen MR) is 116 cm³/mol. The molecule has 0 amide bonds. The Balaban J connectivity index is 1.76. The minimum Gasteiger partial charge on any atom is -0.365 e. The lowest BCUT2D eigenvalue weighted by Crippen LogP contribution is -2.22. The number of rotatable bonds is 4. The van der Waals surface area contributed by atoms with Crippen LogP contribution in [0, 0.1) is 0 Å². The SMILES string of the molecule is O=S(=O)(c1cccc(Cl)c1)n1ccc2c(NC3CCNC3)nc3ccccc3c21. The minimum absolute atomic E-state index is 0.151. The van der Waals surface area contributed by atoms with Gasteiger partial charge in [0, 0.05) is 34.6 Å². The molecule has 6 nitrogen and oxygen atoms in total. The van der Waals surface area contributed by atoms with Crippen molar-refractivity contribution >= 4 is 49.2 Å². The van der Waals surface area contributed by atoms with Crippen molar-refractivity contribution in [1.29, 1.82) is 0 Å². The normalized spacial score (nSPS) is 17.2. The first-order chi connectivity index (χ1) is 14.0. The number of pyridine rings is 1. The minimum atomic E-state index is -3.82. The third kappa shape index (κ3) is 3.15. The van der Waals surface area contributed by atoms with Gasteiger partial charge in [-0.05, 0) is 43.3 Å². The van der Waals surface area contributed by atoms with Crippen molar-refractivity contribution in [3.05, 3.63) is 65.8 Å². The van der Waals surface area contributed by atoms with E-state index in [-0.39, 0.29) is 10.9 Å². The highest BCUT2D eigenvalue weighted by molar-refractivity contribution is 7.90. The molecule has 148 valence electrons. The first kappa shape index (κ1) is 18.4. The molecule has 29 heavy (non-hydrogen) atoms. The maximum atomic E-state index is 13.4. The van der Waals surface area contributed by atoms with Gasteiger partial charge in [0.2, 0.25) is 0 Å². The van der Waals surface area contributed by atoms with Gasteiger partial charge in [-0.15, -0.1) is 0 Å². The summed E-state index contributed by atoms with van der Waals surface area (Å²) < 4.78 is 28.2. The molecule has 1 unspecified atom stereocenters. The molecule has 1 atom stereocenters. The molecule has 2 aromatic carbocycles. The zero-order valence-corrected chi connectivity index (χ0v) is 17.0. The maximum absolute atomic E-state index is 13.4. The number of nitrogens with zero attached hydrogens (tertiary/aromatic N) is 2. The van der Waals surface area contributed by atoms with Gasteiger partial charge in [-0.3, -0.25) is 0 Å². The first-order valence-corrected chi connectivity index (χ1v) is 11.2. The molecule has 5 rings (SSSR count). The highest BCUT2D eigenvalue weighted by Gasteiger charge is 2.24. The van der Waals surface area contributed by atoms with E-state index in [9.17, 15) is 8.42 Å². The molecular formula is C21H19ClN4O2S. The van der Waals surface area contributed by atoms with Crippen molar-refractivity contribution in [2.24, 2.45) is 0 Å². The van der Waals surface area contributed by atoms with Crippen LogP contribution in [0.15, 0.2) is 65.7 Å². The molecule has 8 heteroatoms. The van der Waals surface area contributed by atoms with Gasteiger partial charge in [-0.25, -0.2) is 17.4 Å². The third-order valence-corrected chi connectivity index (χ3v) is 7.16. The van der Waals surface area contributed by atoms with E-state index < -0.39 is 10.0 Å². The molecule has 1 fully saturated rings. The number of benzene rings is 2. The molecule has 3 heterocycles. The van der Waals surface area contributed by atoms with Gasteiger partial charge in [0.1, 0.15) is 5.82 Å². The quantitative estimate of drug-likeness (QED) is 0.518. The molecule has 4 aromatic rings. The van der Waals surface area contributed by atoms with Crippen molar-refractivity contribution in [2.75, 3.05) is 18.4 Å². The van der Waals surface area contributed by atoms with Gasteiger partial charge in [0.25, 0.3) is 10.0 Å². The zero-order chi connectivity index (χ0) is 20.0. The number of aromatic nitrogens is 2. The molecular weight excluding hydrogens is 408 g/mol. The monoisotopic (exact) mass is 426 g/mol. The second-order valence-corrected chi connectivity index (χ2v) is 9.40. The largest absolute Gasteiger partial charge is 0.365 e. The van der Waals surface area contributed by atoms with Crippen molar-refractivity contribution < 1.29 is 8.42 Å². The fourth-order valence-electron chi connectivity index (χ4n) is 3.84. The third-order valence-electron chi connectivity index (χ3n) is 5.25. The van der Waals surface area contributed by atoms with Gasteiger partial charge < -0.3 is 10.6 Å². The zero-order valence-electron chi connectivity index (χ0n) is 15.5. The van der Waals surface area contributed by atoms with E-state index >= 15 is 0 Å². The summed E-state index contributed by atoms with van der Waals surface area (Å²) in [6.45, 7) is 1.82. The van der Waals surface area contributed by atoms with E-state index in [0.717, 1.165) is 35.8 Å². The summed E-state index contributed by atoms with van der Waals surface area (Å²) in [4.78, 5) is 4.93. The summed E-state index contributed by atoms with van der Waals surface area (Å²) in [6.07, 6.45) is 2.59. The summed E-state index contributed by atoms with van der Waals surface area (Å²) in [5.41, 5.74) is 1.36. The van der Waals surface area contributed by atoms with Crippen LogP contribution in [0.25, 0.3) is 21.8 Å². The predicted octanol–water partition coefficient (Wildman–Crippen LogP) is 3.85. The Bertz CT molecular complexity index is 1330. The Morgan fingerprint density at radius 3 is 2.76 bits per heavy atom. The van der Waals surface area contributed by atoms with E-state index in [4.69, 9.17) is 16.6 Å². The van der Waals surface area contributed by atoms with Gasteiger partial charge in [0.05, 0.1) is 15.9 Å². The molecule has 2 aromatic heterocycles. The van der Waals surface area contributed by atoms with Crippen LogP contribution in [0.5, 0.6) is 0 Å². The van der Waals surface area contributed by atoms with Crippen LogP contribution in [-0.2, 0) is 10.0 Å². The average Bonchev–Trinajstić information content (AvgIpc) is 3.38. The molecule has 2 N–H and O–H groups in total. The molecule has 1 saturated heterocycles. The number of nitrogens with one attached hydrogen (secondary N) is 2. The maximum Gasteiger partial charge on any atom is 0.268 e. The van der Waals surface area contributed by atoms with E-state index in [1.807, 2.05) is 30.3 Å². The average molecular weight is 427 g/mol. The number of hydrogen-bond donors (Lipinski definition) is 2. The van der Waals surface area contributed by atoms with Crippen LogP contribution >= 0.6 is 11.6 Å². The van der Waals surface area contributed by atoms with Crippen LogP contribution in [0.2, 0.25) is 5.02 Å². The summed E-state index contributed by atoms with van der Waals surface area (Å²) in [5, 5.41) is 8.76. The fraction of sp³-hybridized carbons (Fsp3) is 0.190. The van der Waals surface area contributed by atoms with E-state index in [0.29, 0.717) is 16.4 Å². The standard InChI is InChI=1S/C21H19ClN4O2S/c22-14-4-3-5-16(12-14)29(27,28)26-11-9-18-20(26)17-6-1-2-7-19(17)25-21(18)24-15-8-10-23-13-15/h1-7,9,11-12,15,23H,8,10,13H2,(H,24,25). The van der Waals surface area contributed by atoms with E-state index in [1.165, 1.54) is 10.0 Å². The first-order valence-electron chi connectivity index (χ1n) is 9.42. The van der Waals surface area contributed by atoms with Gasteiger partial charge >= 0.3 is 0 Å². The Hall–Kier alpha value is -2.61. The van der Waals surface area contributed by atoms with Crippen molar-refractivity contribution in [2.45, 2.75) is 17.4 Å². The Labute approximate surface area is 173 Å². The number of anilines is 1. The van der Waals surface area contributed by atoms with Crippen molar-refractivity contribution in [1.82, 2.24) is 14.3 Å². The number of para-hydroxylation sites is 1. The smallest absolute Gasteiger partial charge is 0.268 e. The van der Waals surface area contributed by atoms with Crippen molar-refractivity contribution in [3.8, 4) is 0 Å². The molecule has 0 spiro atoms. The number of fused-ring (bicyclic) bond motifs is 3. The molecule has 0 bridgehead atoms. The van der Waals surface area contributed by atoms with E-state index in [1.54, 1.807) is 24.4 Å². The topological polar surface area (TPSA) is 76.0 Å². The molecule has 1 aliphatic rings. The van der Waals surface area contributed by atoms with Crippen LogP contribution in [0.3, 0.4) is 0 Å². The van der Waals surface area contributed by atoms with Crippen LogP contribution in [0.1, 0.15) is 6.42 Å². The highest BCUT2D eigenvalue weighted by Crippen LogP contribution is 2.33. The Morgan fingerprint density at radius 2 is 1.97 bits per heavy atom. The van der Waals surface area contributed by atoms with Crippen molar-refractivity contribution in [3.63, 3.8) is 0 Å². The Kier molecular flexibility index (Phi) is 4.46. The lowest BCUT2D eigenvalue weighted by Gasteiger charge is -2.15. The molecule has 0 saturated carbocycles. The van der Waals surface area contributed by atoms with E-state index in [2.05, 4.69) is 10.6 Å². The van der Waals surface area contributed by atoms with Gasteiger partial charge in [-0.1, -0.05) is 35.9 Å². The van der Waals surface area contributed by atoms with Gasteiger partial charge in [-0.2, -0.15) is 0 Å². The lowest BCUT2D eigenvalue weighted by molar-refractivity contribution is 0.589. The second-order valence-electron chi connectivity index (χ2n) is 7.15. The van der Waals surface area contributed by atoms with Crippen LogP contribution < -0.4 is 10.6 Å².